The molecule has 0 aliphatic rings. The molecule has 1 rings (SSSR count). The van der Waals surface area contributed by atoms with Crippen LogP contribution in [0.5, 0.6) is 0 Å². The molecule has 0 amide bonds. The van der Waals surface area contributed by atoms with Crippen molar-refractivity contribution in [2.45, 2.75) is 33.6 Å². The summed E-state index contributed by atoms with van der Waals surface area (Å²) in [4.78, 5) is 13.1. The summed E-state index contributed by atoms with van der Waals surface area (Å²) >= 11 is 0. The van der Waals surface area contributed by atoms with E-state index in [1.165, 1.54) is 12.1 Å². The van der Waals surface area contributed by atoms with E-state index in [-0.39, 0.29) is 5.82 Å². The van der Waals surface area contributed by atoms with Crippen molar-refractivity contribution in [3.05, 3.63) is 30.1 Å². The van der Waals surface area contributed by atoms with Crippen molar-refractivity contribution in [1.82, 2.24) is 0 Å². The van der Waals surface area contributed by atoms with Gasteiger partial charge in [0.2, 0.25) is 0 Å². The maximum atomic E-state index is 13.2. The monoisotopic (exact) mass is 267 g/mol. The number of halogens is 1. The zero-order valence-corrected chi connectivity index (χ0v) is 11.8. The van der Waals surface area contributed by atoms with E-state index >= 15 is 0 Å². The van der Waals surface area contributed by atoms with Gasteiger partial charge in [-0.05, 0) is 51.8 Å². The average molecular weight is 267 g/mol. The van der Waals surface area contributed by atoms with Gasteiger partial charge in [-0.15, -0.1) is 0 Å². The van der Waals surface area contributed by atoms with Crippen LogP contribution in [0.15, 0.2) is 24.3 Å². The summed E-state index contributed by atoms with van der Waals surface area (Å²) in [5.41, 5.74) is 0.136. The number of aliphatic carboxylic acids is 1. The van der Waals surface area contributed by atoms with Gasteiger partial charge in [-0.3, -0.25) is 4.79 Å². The van der Waals surface area contributed by atoms with Gasteiger partial charge in [0.05, 0.1) is 5.41 Å². The van der Waals surface area contributed by atoms with Gasteiger partial charge in [0, 0.05) is 18.8 Å². The summed E-state index contributed by atoms with van der Waals surface area (Å²) < 4.78 is 13.2. The molecule has 0 bridgehead atoms. The molecule has 0 spiro atoms. The molecule has 0 aliphatic heterocycles. The summed E-state index contributed by atoms with van der Waals surface area (Å²) in [5.74, 6) is -1.02. The Balaban J connectivity index is 2.57. The van der Waals surface area contributed by atoms with Gasteiger partial charge in [0.1, 0.15) is 5.82 Å². The van der Waals surface area contributed by atoms with Gasteiger partial charge in [-0.1, -0.05) is 6.07 Å². The average Bonchev–Trinajstić information content (AvgIpc) is 2.34. The first-order chi connectivity index (χ1) is 8.86. The van der Waals surface area contributed by atoms with E-state index < -0.39 is 11.4 Å². The molecule has 0 heterocycles. The molecule has 0 fully saturated rings. The van der Waals surface area contributed by atoms with Gasteiger partial charge in [0.25, 0.3) is 0 Å². The number of benzene rings is 1. The fourth-order valence-electron chi connectivity index (χ4n) is 1.96. The van der Waals surface area contributed by atoms with E-state index in [9.17, 15) is 9.18 Å². The molecule has 0 radical (unpaired) electrons. The minimum absolute atomic E-state index is 0.248. The lowest BCUT2D eigenvalue weighted by atomic mass is 9.88. The van der Waals surface area contributed by atoms with E-state index in [4.69, 9.17) is 5.11 Å². The third-order valence-corrected chi connectivity index (χ3v) is 3.36. The highest BCUT2D eigenvalue weighted by Crippen LogP contribution is 2.23. The Morgan fingerprint density at radius 3 is 2.63 bits per heavy atom. The quantitative estimate of drug-likeness (QED) is 0.821. The molecular weight excluding hydrogens is 245 g/mol. The first kappa shape index (κ1) is 15.5. The van der Waals surface area contributed by atoms with Gasteiger partial charge in [-0.2, -0.15) is 0 Å². The number of carboxylic acid groups (broad SMARTS) is 1. The van der Waals surface area contributed by atoms with E-state index in [0.717, 1.165) is 25.2 Å². The Bertz CT molecular complexity index is 432. The maximum Gasteiger partial charge on any atom is 0.309 e. The molecule has 1 aromatic rings. The predicted molar refractivity (Wildman–Crippen MR) is 74.9 cm³/mol. The maximum absolute atomic E-state index is 13.2. The van der Waals surface area contributed by atoms with Crippen LogP contribution in [0.2, 0.25) is 0 Å². The summed E-state index contributed by atoms with van der Waals surface area (Å²) in [5, 5.41) is 9.05. The van der Waals surface area contributed by atoms with Crippen molar-refractivity contribution < 1.29 is 14.3 Å². The van der Waals surface area contributed by atoms with E-state index in [1.54, 1.807) is 19.9 Å². The molecular formula is C15H22FNO2. The zero-order chi connectivity index (χ0) is 14.5. The SMILES string of the molecule is CCN(CCCC(C)(C)C(=O)O)c1cccc(F)c1. The van der Waals surface area contributed by atoms with Crippen LogP contribution in [-0.2, 0) is 4.79 Å². The molecule has 19 heavy (non-hydrogen) atoms. The molecule has 4 heteroatoms. The fraction of sp³-hybridized carbons (Fsp3) is 0.533. The molecule has 0 aromatic heterocycles. The van der Waals surface area contributed by atoms with Crippen molar-refractivity contribution in [2.24, 2.45) is 5.41 Å². The Morgan fingerprint density at radius 2 is 2.11 bits per heavy atom. The molecule has 0 atom stereocenters. The summed E-state index contributed by atoms with van der Waals surface area (Å²) in [6, 6.07) is 6.49. The van der Waals surface area contributed by atoms with Crippen molar-refractivity contribution in [2.75, 3.05) is 18.0 Å². The number of carbonyl (C=O) groups is 1. The molecule has 0 aliphatic carbocycles. The Hall–Kier alpha value is -1.58. The summed E-state index contributed by atoms with van der Waals surface area (Å²) in [6.07, 6.45) is 1.37. The molecule has 0 saturated heterocycles. The van der Waals surface area contributed by atoms with Crippen LogP contribution in [0, 0.1) is 11.2 Å². The van der Waals surface area contributed by atoms with Gasteiger partial charge in [-0.25, -0.2) is 4.39 Å². The number of hydrogen-bond donors (Lipinski definition) is 1. The van der Waals surface area contributed by atoms with E-state index in [1.807, 2.05) is 13.0 Å². The highest BCUT2D eigenvalue weighted by molar-refractivity contribution is 5.73. The molecule has 0 saturated carbocycles. The zero-order valence-electron chi connectivity index (χ0n) is 11.8. The highest BCUT2D eigenvalue weighted by atomic mass is 19.1. The summed E-state index contributed by atoms with van der Waals surface area (Å²) in [6.45, 7) is 6.97. The summed E-state index contributed by atoms with van der Waals surface area (Å²) in [7, 11) is 0. The highest BCUT2D eigenvalue weighted by Gasteiger charge is 2.26. The lowest BCUT2D eigenvalue weighted by Gasteiger charge is -2.25. The van der Waals surface area contributed by atoms with Gasteiger partial charge in [0.15, 0.2) is 0 Å². The normalized spacial score (nSPS) is 11.4. The van der Waals surface area contributed by atoms with Crippen molar-refractivity contribution in [3.63, 3.8) is 0 Å². The van der Waals surface area contributed by atoms with Crippen molar-refractivity contribution in [1.29, 1.82) is 0 Å². The second-order valence-corrected chi connectivity index (χ2v) is 5.35. The Labute approximate surface area is 114 Å². The topological polar surface area (TPSA) is 40.5 Å². The molecule has 106 valence electrons. The Morgan fingerprint density at radius 1 is 1.42 bits per heavy atom. The first-order valence-corrected chi connectivity index (χ1v) is 6.60. The lowest BCUT2D eigenvalue weighted by molar-refractivity contribution is -0.147. The van der Waals surface area contributed by atoms with Crippen LogP contribution in [0.3, 0.4) is 0 Å². The molecule has 1 aromatic carbocycles. The number of rotatable bonds is 7. The minimum Gasteiger partial charge on any atom is -0.481 e. The minimum atomic E-state index is -0.777. The lowest BCUT2D eigenvalue weighted by Crippen LogP contribution is -2.28. The van der Waals surface area contributed by atoms with Crippen molar-refractivity contribution in [3.8, 4) is 0 Å². The number of anilines is 1. The van der Waals surface area contributed by atoms with Crippen LogP contribution in [0.4, 0.5) is 10.1 Å². The second-order valence-electron chi connectivity index (χ2n) is 5.35. The third kappa shape index (κ3) is 4.54. The molecule has 3 nitrogen and oxygen atoms in total. The molecule has 0 unspecified atom stereocenters. The smallest absolute Gasteiger partial charge is 0.309 e. The van der Waals surface area contributed by atoms with Crippen LogP contribution in [0.1, 0.15) is 33.6 Å². The van der Waals surface area contributed by atoms with Crippen LogP contribution < -0.4 is 4.90 Å². The second kappa shape index (κ2) is 6.55. The van der Waals surface area contributed by atoms with Crippen molar-refractivity contribution >= 4 is 11.7 Å². The fourth-order valence-corrected chi connectivity index (χ4v) is 1.96. The standard InChI is InChI=1S/C15H22FNO2/c1-4-17(13-8-5-7-12(16)11-13)10-6-9-15(2,3)14(18)19/h5,7-8,11H,4,6,9-10H2,1-3H3,(H,18,19). The largest absolute Gasteiger partial charge is 0.481 e. The van der Waals surface area contributed by atoms with Gasteiger partial charge < -0.3 is 10.0 Å². The first-order valence-electron chi connectivity index (χ1n) is 6.60. The van der Waals surface area contributed by atoms with Crippen LogP contribution >= 0.6 is 0 Å². The number of nitrogens with zero attached hydrogens (tertiary/aromatic N) is 1. The third-order valence-electron chi connectivity index (χ3n) is 3.36. The Kier molecular flexibility index (Phi) is 5.33. The van der Waals surface area contributed by atoms with Crippen LogP contribution in [-0.4, -0.2) is 24.2 Å². The molecule has 1 N–H and O–H groups in total. The number of carboxylic acids is 1. The van der Waals surface area contributed by atoms with Crippen LogP contribution in [0.25, 0.3) is 0 Å². The van der Waals surface area contributed by atoms with E-state index in [2.05, 4.69) is 4.90 Å². The van der Waals surface area contributed by atoms with E-state index in [0.29, 0.717) is 6.42 Å². The predicted octanol–water partition coefficient (Wildman–Crippen LogP) is 3.54. The van der Waals surface area contributed by atoms with Gasteiger partial charge >= 0.3 is 5.97 Å². The number of hydrogen-bond acceptors (Lipinski definition) is 2.